The Labute approximate surface area is 131 Å². The Hall–Kier alpha value is -1.62. The highest BCUT2D eigenvalue weighted by Gasteiger charge is 2.28. The van der Waals surface area contributed by atoms with Crippen LogP contribution in [0.4, 0.5) is 4.39 Å². The maximum absolute atomic E-state index is 13.8. The van der Waals surface area contributed by atoms with E-state index in [1.807, 2.05) is 0 Å². The van der Waals surface area contributed by atoms with Crippen molar-refractivity contribution in [1.82, 2.24) is 9.80 Å². The van der Waals surface area contributed by atoms with Crippen LogP contribution in [0.15, 0.2) is 18.2 Å². The Balaban J connectivity index is 2.12. The number of nitrogens with zero attached hydrogens (tertiary/aromatic N) is 2. The summed E-state index contributed by atoms with van der Waals surface area (Å²) in [5.74, 6) is -0.163. The third-order valence-electron chi connectivity index (χ3n) is 4.38. The molecule has 4 nitrogen and oxygen atoms in total. The molecule has 1 aliphatic rings. The molecule has 1 atom stereocenters. The zero-order valence-electron chi connectivity index (χ0n) is 13.8. The molecule has 1 fully saturated rings. The number of amides is 1. The van der Waals surface area contributed by atoms with E-state index < -0.39 is 5.82 Å². The summed E-state index contributed by atoms with van der Waals surface area (Å²) in [6.45, 7) is 7.30. The number of rotatable bonds is 6. The molecule has 0 bridgehead atoms. The molecule has 0 saturated carbocycles. The van der Waals surface area contributed by atoms with Crippen molar-refractivity contribution in [2.45, 2.75) is 26.3 Å². The molecule has 0 radical (unpaired) electrons. The van der Waals surface area contributed by atoms with E-state index in [9.17, 15) is 9.18 Å². The number of methoxy groups -OCH3 is 1. The number of carbonyl (C=O) groups excluding carboxylic acids is 1. The van der Waals surface area contributed by atoms with Crippen molar-refractivity contribution in [1.29, 1.82) is 0 Å². The summed E-state index contributed by atoms with van der Waals surface area (Å²) in [5, 5.41) is 0. The van der Waals surface area contributed by atoms with Crippen molar-refractivity contribution in [3.63, 3.8) is 0 Å². The predicted octanol–water partition coefficient (Wildman–Crippen LogP) is 2.64. The molecule has 0 aromatic heterocycles. The van der Waals surface area contributed by atoms with Crippen LogP contribution in [0.2, 0.25) is 0 Å². The van der Waals surface area contributed by atoms with Gasteiger partial charge in [0, 0.05) is 25.2 Å². The van der Waals surface area contributed by atoms with Crippen LogP contribution in [0.3, 0.4) is 0 Å². The first-order valence-corrected chi connectivity index (χ1v) is 7.77. The van der Waals surface area contributed by atoms with Gasteiger partial charge in [0.05, 0.1) is 7.11 Å². The first-order valence-electron chi connectivity index (χ1n) is 7.77. The molecule has 22 heavy (non-hydrogen) atoms. The standard InChI is InChI=1S/C17H25FN2O2/c1-12(2)15(11-20-8-5-9-20)19(3)17(21)13-6-7-16(22-4)14(18)10-13/h6-7,10,12,15H,5,8-9,11H2,1-4H3/t15-/m1/s1. The maximum Gasteiger partial charge on any atom is 0.254 e. The van der Waals surface area contributed by atoms with Gasteiger partial charge in [0.25, 0.3) is 5.91 Å². The van der Waals surface area contributed by atoms with Gasteiger partial charge in [-0.25, -0.2) is 4.39 Å². The summed E-state index contributed by atoms with van der Waals surface area (Å²) in [4.78, 5) is 16.7. The summed E-state index contributed by atoms with van der Waals surface area (Å²) < 4.78 is 18.7. The molecule has 1 aromatic rings. The van der Waals surface area contributed by atoms with E-state index in [0.29, 0.717) is 11.5 Å². The van der Waals surface area contributed by atoms with Crippen LogP contribution in [0, 0.1) is 11.7 Å². The zero-order valence-corrected chi connectivity index (χ0v) is 13.8. The number of hydrogen-bond acceptors (Lipinski definition) is 3. The smallest absolute Gasteiger partial charge is 0.254 e. The number of carbonyl (C=O) groups is 1. The van der Waals surface area contributed by atoms with Crippen molar-refractivity contribution >= 4 is 5.91 Å². The third kappa shape index (κ3) is 3.58. The molecule has 1 saturated heterocycles. The number of likely N-dealkylation sites (N-methyl/N-ethyl adjacent to an activating group) is 1. The normalized spacial score (nSPS) is 16.3. The number of halogens is 1. The molecule has 2 rings (SSSR count). The second-order valence-corrected chi connectivity index (χ2v) is 6.23. The molecule has 1 amide bonds. The van der Waals surface area contributed by atoms with Gasteiger partial charge >= 0.3 is 0 Å². The number of benzene rings is 1. The van der Waals surface area contributed by atoms with E-state index in [0.717, 1.165) is 19.6 Å². The van der Waals surface area contributed by atoms with Crippen LogP contribution < -0.4 is 4.74 Å². The second kappa shape index (κ2) is 7.09. The molecule has 122 valence electrons. The fourth-order valence-electron chi connectivity index (χ4n) is 2.76. The molecular formula is C17H25FN2O2. The van der Waals surface area contributed by atoms with E-state index >= 15 is 0 Å². The number of ether oxygens (including phenoxy) is 1. The number of hydrogen-bond donors (Lipinski definition) is 0. The van der Waals surface area contributed by atoms with Gasteiger partial charge in [0.15, 0.2) is 11.6 Å². The average molecular weight is 308 g/mol. The van der Waals surface area contributed by atoms with Crippen molar-refractivity contribution in [3.8, 4) is 5.75 Å². The topological polar surface area (TPSA) is 32.8 Å². The molecule has 5 heteroatoms. The van der Waals surface area contributed by atoms with Gasteiger partial charge in [0.2, 0.25) is 0 Å². The van der Waals surface area contributed by atoms with Crippen LogP contribution in [-0.2, 0) is 0 Å². The predicted molar refractivity (Wildman–Crippen MR) is 84.7 cm³/mol. The molecule has 0 spiro atoms. The number of likely N-dealkylation sites (tertiary alicyclic amines) is 1. The molecule has 0 aliphatic carbocycles. The van der Waals surface area contributed by atoms with Gasteiger partial charge in [-0.1, -0.05) is 13.8 Å². The quantitative estimate of drug-likeness (QED) is 0.810. The Morgan fingerprint density at radius 3 is 2.55 bits per heavy atom. The van der Waals surface area contributed by atoms with Crippen molar-refractivity contribution < 1.29 is 13.9 Å². The fourth-order valence-corrected chi connectivity index (χ4v) is 2.76. The largest absolute Gasteiger partial charge is 0.494 e. The molecule has 1 aliphatic heterocycles. The monoisotopic (exact) mass is 308 g/mol. The average Bonchev–Trinajstić information content (AvgIpc) is 2.44. The van der Waals surface area contributed by atoms with Crippen molar-refractivity contribution in [3.05, 3.63) is 29.6 Å². The van der Waals surface area contributed by atoms with E-state index in [1.54, 1.807) is 18.0 Å². The molecular weight excluding hydrogens is 283 g/mol. The summed E-state index contributed by atoms with van der Waals surface area (Å²) in [5.41, 5.74) is 0.357. The second-order valence-electron chi connectivity index (χ2n) is 6.23. The highest BCUT2D eigenvalue weighted by Crippen LogP contribution is 2.21. The van der Waals surface area contributed by atoms with Gasteiger partial charge in [-0.15, -0.1) is 0 Å². The lowest BCUT2D eigenvalue weighted by molar-refractivity contribution is 0.0564. The first kappa shape index (κ1) is 16.7. The van der Waals surface area contributed by atoms with Crippen molar-refractivity contribution in [2.24, 2.45) is 5.92 Å². The van der Waals surface area contributed by atoms with Gasteiger partial charge in [-0.2, -0.15) is 0 Å². The molecule has 0 unspecified atom stereocenters. The minimum atomic E-state index is -0.509. The van der Waals surface area contributed by atoms with Crippen LogP contribution in [0.1, 0.15) is 30.6 Å². The van der Waals surface area contributed by atoms with Crippen LogP contribution in [0.25, 0.3) is 0 Å². The van der Waals surface area contributed by atoms with Gasteiger partial charge in [-0.05, 0) is 43.6 Å². The Morgan fingerprint density at radius 2 is 2.09 bits per heavy atom. The van der Waals surface area contributed by atoms with E-state index in [-0.39, 0.29) is 17.7 Å². The SMILES string of the molecule is COc1ccc(C(=O)N(C)[C@H](CN2CCC2)C(C)C)cc1F. The van der Waals surface area contributed by atoms with Gasteiger partial charge in [-0.3, -0.25) is 4.79 Å². The van der Waals surface area contributed by atoms with Crippen LogP contribution in [0.5, 0.6) is 5.75 Å². The Morgan fingerprint density at radius 1 is 1.41 bits per heavy atom. The lowest BCUT2D eigenvalue weighted by atomic mass is 9.99. The highest BCUT2D eigenvalue weighted by atomic mass is 19.1. The van der Waals surface area contributed by atoms with E-state index in [4.69, 9.17) is 4.74 Å². The Kier molecular flexibility index (Phi) is 5.40. The Bertz CT molecular complexity index is 529. The van der Waals surface area contributed by atoms with E-state index in [2.05, 4.69) is 18.7 Å². The van der Waals surface area contributed by atoms with Crippen LogP contribution >= 0.6 is 0 Å². The fraction of sp³-hybridized carbons (Fsp3) is 0.588. The highest BCUT2D eigenvalue weighted by molar-refractivity contribution is 5.94. The third-order valence-corrected chi connectivity index (χ3v) is 4.38. The minimum Gasteiger partial charge on any atom is -0.494 e. The van der Waals surface area contributed by atoms with Crippen LogP contribution in [-0.4, -0.2) is 55.5 Å². The lowest BCUT2D eigenvalue weighted by Gasteiger charge is -2.39. The van der Waals surface area contributed by atoms with Gasteiger partial charge in [0.1, 0.15) is 0 Å². The summed E-state index contributed by atoms with van der Waals surface area (Å²) in [6.07, 6.45) is 1.23. The zero-order chi connectivity index (χ0) is 16.3. The maximum atomic E-state index is 13.8. The summed E-state index contributed by atoms with van der Waals surface area (Å²) in [6, 6.07) is 4.48. The molecule has 0 N–H and O–H groups in total. The first-order chi connectivity index (χ1) is 10.4. The van der Waals surface area contributed by atoms with Crippen molar-refractivity contribution in [2.75, 3.05) is 33.8 Å². The summed E-state index contributed by atoms with van der Waals surface area (Å²) >= 11 is 0. The van der Waals surface area contributed by atoms with Gasteiger partial charge < -0.3 is 14.5 Å². The lowest BCUT2D eigenvalue weighted by Crippen LogP contribution is -2.51. The molecule has 1 heterocycles. The minimum absolute atomic E-state index is 0.123. The summed E-state index contributed by atoms with van der Waals surface area (Å²) in [7, 11) is 3.21. The molecule has 1 aromatic carbocycles. The van der Waals surface area contributed by atoms with E-state index in [1.165, 1.54) is 25.7 Å².